The maximum absolute atomic E-state index is 11.9. The maximum Gasteiger partial charge on any atom is 0.420 e. The molecule has 3 rings (SSSR count). The molecule has 3 aromatic rings. The Kier molecular flexibility index (Phi) is 2.80. The summed E-state index contributed by atoms with van der Waals surface area (Å²) in [4.78, 5) is 11.9. The molecule has 0 fully saturated rings. The molecule has 0 aliphatic rings. The zero-order chi connectivity index (χ0) is 13.4. The number of halogens is 1. The molecule has 96 valence electrons. The average Bonchev–Trinajstić information content (AvgIpc) is 2.71. The van der Waals surface area contributed by atoms with Crippen molar-refractivity contribution in [3.8, 4) is 0 Å². The molecule has 5 heteroatoms. The molecule has 0 atom stereocenters. The van der Waals surface area contributed by atoms with Crippen LogP contribution in [0.3, 0.4) is 0 Å². The molecule has 0 saturated carbocycles. The van der Waals surface area contributed by atoms with E-state index in [2.05, 4.69) is 0 Å². The molecule has 0 bridgehead atoms. The van der Waals surface area contributed by atoms with Crippen molar-refractivity contribution >= 4 is 28.4 Å². The van der Waals surface area contributed by atoms with Gasteiger partial charge in [0.05, 0.1) is 17.7 Å². The van der Waals surface area contributed by atoms with Crippen LogP contribution in [0.15, 0.2) is 51.7 Å². The van der Waals surface area contributed by atoms with E-state index in [-0.39, 0.29) is 0 Å². The third kappa shape index (κ3) is 2.00. The van der Waals surface area contributed by atoms with Gasteiger partial charge in [-0.3, -0.25) is 4.57 Å². The fourth-order valence-electron chi connectivity index (χ4n) is 2.05. The summed E-state index contributed by atoms with van der Waals surface area (Å²) in [6.07, 6.45) is 0. The van der Waals surface area contributed by atoms with Gasteiger partial charge >= 0.3 is 5.76 Å². The lowest BCUT2D eigenvalue weighted by molar-refractivity contribution is 0.518. The van der Waals surface area contributed by atoms with E-state index in [4.69, 9.17) is 21.8 Å². The van der Waals surface area contributed by atoms with Gasteiger partial charge in [-0.15, -0.1) is 0 Å². The lowest BCUT2D eigenvalue weighted by Gasteiger charge is -2.04. The van der Waals surface area contributed by atoms with Gasteiger partial charge in [-0.05, 0) is 23.8 Å². The number of anilines is 1. The first-order chi connectivity index (χ1) is 9.16. The van der Waals surface area contributed by atoms with Gasteiger partial charge in [-0.2, -0.15) is 0 Å². The molecule has 0 saturated heterocycles. The Balaban J connectivity index is 2.16. The molecule has 1 heterocycles. The molecule has 0 aliphatic carbocycles. The Morgan fingerprint density at radius 3 is 2.74 bits per heavy atom. The minimum Gasteiger partial charge on any atom is -0.405 e. The molecule has 0 aliphatic heterocycles. The van der Waals surface area contributed by atoms with Crippen molar-refractivity contribution in [1.29, 1.82) is 0 Å². The number of fused-ring (bicyclic) bond motifs is 1. The predicted octanol–water partition coefficient (Wildman–Crippen LogP) is 2.88. The normalized spacial score (nSPS) is 11.0. The van der Waals surface area contributed by atoms with Crippen LogP contribution in [-0.4, -0.2) is 4.57 Å². The van der Waals surface area contributed by atoms with Crippen LogP contribution in [-0.2, 0) is 6.54 Å². The van der Waals surface area contributed by atoms with Crippen molar-refractivity contribution < 1.29 is 4.42 Å². The second-order valence-corrected chi connectivity index (χ2v) is 4.65. The monoisotopic (exact) mass is 274 g/mol. The highest BCUT2D eigenvalue weighted by Crippen LogP contribution is 2.22. The van der Waals surface area contributed by atoms with Gasteiger partial charge in [0, 0.05) is 5.02 Å². The lowest BCUT2D eigenvalue weighted by atomic mass is 10.2. The summed E-state index contributed by atoms with van der Waals surface area (Å²) in [5.74, 6) is -0.437. The van der Waals surface area contributed by atoms with Crippen LogP contribution in [0.4, 0.5) is 5.69 Å². The molecule has 0 radical (unpaired) electrons. The number of hydrogen-bond donors (Lipinski definition) is 1. The van der Waals surface area contributed by atoms with Crippen LogP contribution in [0.1, 0.15) is 5.56 Å². The highest BCUT2D eigenvalue weighted by molar-refractivity contribution is 6.31. The largest absolute Gasteiger partial charge is 0.420 e. The molecule has 19 heavy (non-hydrogen) atoms. The van der Waals surface area contributed by atoms with Crippen molar-refractivity contribution in [2.24, 2.45) is 0 Å². The number of rotatable bonds is 2. The van der Waals surface area contributed by atoms with E-state index < -0.39 is 5.76 Å². The number of nitrogens with zero attached hydrogens (tertiary/aromatic N) is 1. The Morgan fingerprint density at radius 2 is 1.95 bits per heavy atom. The summed E-state index contributed by atoms with van der Waals surface area (Å²) < 4.78 is 6.70. The molecular weight excluding hydrogens is 264 g/mol. The highest BCUT2D eigenvalue weighted by atomic mass is 35.5. The van der Waals surface area contributed by atoms with Gasteiger partial charge in [-0.25, -0.2) is 4.79 Å². The Morgan fingerprint density at radius 1 is 1.16 bits per heavy atom. The van der Waals surface area contributed by atoms with Crippen molar-refractivity contribution in [2.75, 3.05) is 5.73 Å². The molecule has 0 amide bonds. The Hall–Kier alpha value is -2.20. The zero-order valence-corrected chi connectivity index (χ0v) is 10.7. The van der Waals surface area contributed by atoms with Gasteiger partial charge < -0.3 is 10.2 Å². The first kappa shape index (κ1) is 11.9. The number of nitrogens with two attached hydrogens (primary N) is 1. The molecule has 4 nitrogen and oxygen atoms in total. The average molecular weight is 275 g/mol. The van der Waals surface area contributed by atoms with Gasteiger partial charge in [0.25, 0.3) is 0 Å². The Bertz CT molecular complexity index is 805. The minimum atomic E-state index is -0.437. The van der Waals surface area contributed by atoms with E-state index >= 15 is 0 Å². The van der Waals surface area contributed by atoms with Crippen LogP contribution in [0.5, 0.6) is 0 Å². The molecule has 0 unspecified atom stereocenters. The van der Waals surface area contributed by atoms with Crippen LogP contribution in [0.2, 0.25) is 5.02 Å². The number of benzene rings is 2. The number of hydrogen-bond acceptors (Lipinski definition) is 3. The number of oxazole rings is 1. The quantitative estimate of drug-likeness (QED) is 0.731. The summed E-state index contributed by atoms with van der Waals surface area (Å²) >= 11 is 6.11. The van der Waals surface area contributed by atoms with E-state index in [1.807, 2.05) is 18.2 Å². The standard InChI is InChI=1S/C14H11ClN2O2/c15-10-5-2-1-4-9(10)8-17-12-7-3-6-11(16)13(12)19-14(17)18/h1-7H,8,16H2. The Labute approximate surface area is 114 Å². The third-order valence-electron chi connectivity index (χ3n) is 3.01. The van der Waals surface area contributed by atoms with E-state index in [0.717, 1.165) is 5.56 Å². The predicted molar refractivity (Wildman–Crippen MR) is 75.4 cm³/mol. The van der Waals surface area contributed by atoms with Crippen molar-refractivity contribution in [3.63, 3.8) is 0 Å². The topological polar surface area (TPSA) is 61.2 Å². The highest BCUT2D eigenvalue weighted by Gasteiger charge is 2.12. The molecule has 2 aromatic carbocycles. The van der Waals surface area contributed by atoms with Gasteiger partial charge in [0.15, 0.2) is 5.58 Å². The minimum absolute atomic E-state index is 0.356. The van der Waals surface area contributed by atoms with Crippen LogP contribution in [0, 0.1) is 0 Å². The first-order valence-electron chi connectivity index (χ1n) is 5.78. The number of para-hydroxylation sites is 1. The fraction of sp³-hybridized carbons (Fsp3) is 0.0714. The van der Waals surface area contributed by atoms with Crippen molar-refractivity contribution in [1.82, 2.24) is 4.57 Å². The summed E-state index contributed by atoms with van der Waals surface area (Å²) in [5.41, 5.74) is 8.19. The number of aromatic nitrogens is 1. The summed E-state index contributed by atoms with van der Waals surface area (Å²) in [6.45, 7) is 0.356. The van der Waals surface area contributed by atoms with E-state index in [1.165, 1.54) is 4.57 Å². The molecule has 1 aromatic heterocycles. The van der Waals surface area contributed by atoms with Crippen molar-refractivity contribution in [2.45, 2.75) is 6.54 Å². The van der Waals surface area contributed by atoms with Crippen molar-refractivity contribution in [3.05, 3.63) is 63.6 Å². The molecular formula is C14H11ClN2O2. The SMILES string of the molecule is Nc1cccc2c1oc(=O)n2Cc1ccccc1Cl. The first-order valence-corrected chi connectivity index (χ1v) is 6.16. The van der Waals surface area contributed by atoms with E-state index in [1.54, 1.807) is 24.3 Å². The molecule has 2 N–H and O–H groups in total. The smallest absolute Gasteiger partial charge is 0.405 e. The van der Waals surface area contributed by atoms with Crippen LogP contribution in [0.25, 0.3) is 11.1 Å². The van der Waals surface area contributed by atoms with Crippen LogP contribution >= 0.6 is 11.6 Å². The lowest BCUT2D eigenvalue weighted by Crippen LogP contribution is -2.15. The van der Waals surface area contributed by atoms with E-state index in [9.17, 15) is 4.79 Å². The maximum atomic E-state index is 11.9. The summed E-state index contributed by atoms with van der Waals surface area (Å²) in [7, 11) is 0. The second kappa shape index (κ2) is 4.48. The van der Waals surface area contributed by atoms with Gasteiger partial charge in [0.2, 0.25) is 0 Å². The van der Waals surface area contributed by atoms with Crippen LogP contribution < -0.4 is 11.5 Å². The summed E-state index contributed by atoms with van der Waals surface area (Å²) in [5, 5.41) is 0.618. The van der Waals surface area contributed by atoms with Gasteiger partial charge in [-0.1, -0.05) is 35.9 Å². The third-order valence-corrected chi connectivity index (χ3v) is 3.38. The second-order valence-electron chi connectivity index (χ2n) is 4.24. The molecule has 0 spiro atoms. The van der Waals surface area contributed by atoms with Gasteiger partial charge in [0.1, 0.15) is 0 Å². The fourth-order valence-corrected chi connectivity index (χ4v) is 2.25. The van der Waals surface area contributed by atoms with E-state index in [0.29, 0.717) is 28.4 Å². The zero-order valence-electron chi connectivity index (χ0n) is 9.97. The summed E-state index contributed by atoms with van der Waals surface area (Å²) in [6, 6.07) is 12.7. The number of nitrogen functional groups attached to an aromatic ring is 1.